The molecule has 2 heterocycles. The van der Waals surface area contributed by atoms with Gasteiger partial charge >= 0.3 is 0 Å². The van der Waals surface area contributed by atoms with Crippen molar-refractivity contribution in [3.8, 4) is 0 Å². The van der Waals surface area contributed by atoms with E-state index in [1.54, 1.807) is 12.5 Å². The number of nitrogens with zero attached hydrogens (tertiary/aromatic N) is 4. The first kappa shape index (κ1) is 10.8. The van der Waals surface area contributed by atoms with Crippen LogP contribution in [0.2, 0.25) is 0 Å². The molecule has 0 amide bonds. The summed E-state index contributed by atoms with van der Waals surface area (Å²) in [6, 6.07) is 0.334. The van der Waals surface area contributed by atoms with Crippen molar-refractivity contribution in [1.82, 2.24) is 19.6 Å². The fourth-order valence-corrected chi connectivity index (χ4v) is 1.63. The Morgan fingerprint density at radius 3 is 3.19 bits per heavy atom. The maximum absolute atomic E-state index is 5.56. The molecule has 6 nitrogen and oxygen atoms in total. The predicted molar refractivity (Wildman–Crippen MR) is 62.2 cm³/mol. The van der Waals surface area contributed by atoms with Gasteiger partial charge in [0.25, 0.3) is 0 Å². The second-order valence-electron chi connectivity index (χ2n) is 3.66. The van der Waals surface area contributed by atoms with Crippen molar-refractivity contribution in [2.45, 2.75) is 25.8 Å². The summed E-state index contributed by atoms with van der Waals surface area (Å²) in [6.45, 7) is 2.79. The maximum Gasteiger partial charge on any atom is 0.203 e. The molecule has 16 heavy (non-hydrogen) atoms. The molecule has 2 rings (SSSR count). The standard InChI is InChI=1S/C10H16N6/c1-2-8(3-4-11)14-9-10-15-13-7-16(10)6-5-12-9/h5-8H,2-4,11H2,1H3,(H,12,14). The van der Waals surface area contributed by atoms with E-state index in [-0.39, 0.29) is 0 Å². The number of hydrogen-bond donors (Lipinski definition) is 2. The van der Waals surface area contributed by atoms with Crippen LogP contribution in [0.1, 0.15) is 19.8 Å². The van der Waals surface area contributed by atoms with Crippen molar-refractivity contribution in [2.24, 2.45) is 5.73 Å². The monoisotopic (exact) mass is 220 g/mol. The van der Waals surface area contributed by atoms with Crippen LogP contribution in [0.3, 0.4) is 0 Å². The smallest absolute Gasteiger partial charge is 0.203 e. The molecule has 0 saturated carbocycles. The zero-order chi connectivity index (χ0) is 11.4. The van der Waals surface area contributed by atoms with Crippen molar-refractivity contribution >= 4 is 11.5 Å². The largest absolute Gasteiger partial charge is 0.364 e. The maximum atomic E-state index is 5.56. The van der Waals surface area contributed by atoms with Crippen LogP contribution in [0, 0.1) is 0 Å². The van der Waals surface area contributed by atoms with E-state index in [0.717, 1.165) is 24.3 Å². The zero-order valence-corrected chi connectivity index (χ0v) is 9.30. The normalized spacial score (nSPS) is 12.9. The highest BCUT2D eigenvalue weighted by Gasteiger charge is 2.09. The van der Waals surface area contributed by atoms with Gasteiger partial charge in [-0.25, -0.2) is 4.98 Å². The van der Waals surface area contributed by atoms with E-state index in [1.807, 2.05) is 10.6 Å². The average molecular weight is 220 g/mol. The highest BCUT2D eigenvalue weighted by Crippen LogP contribution is 2.13. The Hall–Kier alpha value is -1.69. The molecule has 0 aliphatic carbocycles. The summed E-state index contributed by atoms with van der Waals surface area (Å²) >= 11 is 0. The molecule has 0 aliphatic heterocycles. The lowest BCUT2D eigenvalue weighted by molar-refractivity contribution is 0.639. The van der Waals surface area contributed by atoms with Gasteiger partial charge in [0.05, 0.1) is 0 Å². The Labute approximate surface area is 93.9 Å². The van der Waals surface area contributed by atoms with E-state index in [9.17, 15) is 0 Å². The SMILES string of the molecule is CCC(CCN)Nc1nccn2cnnc12. The van der Waals surface area contributed by atoms with Gasteiger partial charge < -0.3 is 11.1 Å². The lowest BCUT2D eigenvalue weighted by atomic mass is 10.1. The van der Waals surface area contributed by atoms with E-state index >= 15 is 0 Å². The topological polar surface area (TPSA) is 81.1 Å². The lowest BCUT2D eigenvalue weighted by Gasteiger charge is -2.16. The molecule has 1 unspecified atom stereocenters. The number of aromatic nitrogens is 4. The zero-order valence-electron chi connectivity index (χ0n) is 9.30. The molecule has 86 valence electrons. The summed E-state index contributed by atoms with van der Waals surface area (Å²) < 4.78 is 1.84. The second kappa shape index (κ2) is 4.89. The third-order valence-corrected chi connectivity index (χ3v) is 2.56. The Morgan fingerprint density at radius 2 is 2.44 bits per heavy atom. The van der Waals surface area contributed by atoms with Gasteiger partial charge in [-0.1, -0.05) is 6.92 Å². The minimum atomic E-state index is 0.334. The molecule has 2 aromatic heterocycles. The number of nitrogens with one attached hydrogen (secondary N) is 1. The van der Waals surface area contributed by atoms with Gasteiger partial charge in [-0.15, -0.1) is 10.2 Å². The molecule has 3 N–H and O–H groups in total. The summed E-state index contributed by atoms with van der Waals surface area (Å²) in [4.78, 5) is 4.27. The first-order valence-electron chi connectivity index (χ1n) is 5.46. The van der Waals surface area contributed by atoms with Crippen molar-refractivity contribution in [3.63, 3.8) is 0 Å². The molecule has 0 aliphatic rings. The van der Waals surface area contributed by atoms with Gasteiger partial charge in [0, 0.05) is 18.4 Å². The first-order valence-corrected chi connectivity index (χ1v) is 5.46. The summed E-state index contributed by atoms with van der Waals surface area (Å²) in [5, 5.41) is 11.2. The third-order valence-electron chi connectivity index (χ3n) is 2.56. The molecule has 0 spiro atoms. The molecular weight excluding hydrogens is 204 g/mol. The first-order chi connectivity index (χ1) is 7.85. The number of fused-ring (bicyclic) bond motifs is 1. The van der Waals surface area contributed by atoms with Crippen LogP contribution in [0.25, 0.3) is 5.65 Å². The number of nitrogens with two attached hydrogens (primary N) is 1. The quantitative estimate of drug-likeness (QED) is 0.773. The van der Waals surface area contributed by atoms with Crippen LogP contribution in [-0.2, 0) is 0 Å². The molecule has 0 radical (unpaired) electrons. The van der Waals surface area contributed by atoms with Gasteiger partial charge in [-0.3, -0.25) is 4.40 Å². The van der Waals surface area contributed by atoms with Crippen LogP contribution in [0.4, 0.5) is 5.82 Å². The van der Waals surface area contributed by atoms with Crippen molar-refractivity contribution < 1.29 is 0 Å². The summed E-state index contributed by atoms with van der Waals surface area (Å²) in [5.74, 6) is 0.764. The molecular formula is C10H16N6. The molecule has 0 aromatic carbocycles. The fourth-order valence-electron chi connectivity index (χ4n) is 1.63. The van der Waals surface area contributed by atoms with E-state index < -0.39 is 0 Å². The average Bonchev–Trinajstić information content (AvgIpc) is 2.77. The fraction of sp³-hybridized carbons (Fsp3) is 0.500. The number of anilines is 1. The Kier molecular flexibility index (Phi) is 3.31. The van der Waals surface area contributed by atoms with Crippen LogP contribution >= 0.6 is 0 Å². The van der Waals surface area contributed by atoms with Crippen molar-refractivity contribution in [3.05, 3.63) is 18.7 Å². The van der Waals surface area contributed by atoms with Crippen LogP contribution < -0.4 is 11.1 Å². The summed E-state index contributed by atoms with van der Waals surface area (Å²) in [5.41, 5.74) is 6.31. The Bertz CT molecular complexity index is 451. The molecule has 0 fully saturated rings. The van der Waals surface area contributed by atoms with Crippen molar-refractivity contribution in [1.29, 1.82) is 0 Å². The minimum Gasteiger partial charge on any atom is -0.364 e. The van der Waals surface area contributed by atoms with Crippen LogP contribution in [0.5, 0.6) is 0 Å². The van der Waals surface area contributed by atoms with E-state index in [0.29, 0.717) is 12.6 Å². The predicted octanol–water partition coefficient (Wildman–Crippen LogP) is 0.664. The van der Waals surface area contributed by atoms with Crippen LogP contribution in [0.15, 0.2) is 18.7 Å². The summed E-state index contributed by atoms with van der Waals surface area (Å²) in [6.07, 6.45) is 7.14. The van der Waals surface area contributed by atoms with Gasteiger partial charge in [0.1, 0.15) is 6.33 Å². The Morgan fingerprint density at radius 1 is 1.56 bits per heavy atom. The van der Waals surface area contributed by atoms with Crippen LogP contribution in [-0.4, -0.2) is 32.2 Å². The number of rotatable bonds is 5. The molecule has 6 heteroatoms. The molecule has 2 aromatic rings. The van der Waals surface area contributed by atoms with E-state index in [4.69, 9.17) is 5.73 Å². The lowest BCUT2D eigenvalue weighted by Crippen LogP contribution is -2.23. The molecule has 1 atom stereocenters. The second-order valence-corrected chi connectivity index (χ2v) is 3.66. The third kappa shape index (κ3) is 2.11. The molecule has 0 bridgehead atoms. The van der Waals surface area contributed by atoms with E-state index in [2.05, 4.69) is 27.4 Å². The van der Waals surface area contributed by atoms with Crippen molar-refractivity contribution in [2.75, 3.05) is 11.9 Å². The van der Waals surface area contributed by atoms with Gasteiger partial charge in [-0.2, -0.15) is 0 Å². The van der Waals surface area contributed by atoms with Gasteiger partial charge in [0.2, 0.25) is 5.65 Å². The van der Waals surface area contributed by atoms with Gasteiger partial charge in [-0.05, 0) is 19.4 Å². The highest BCUT2D eigenvalue weighted by molar-refractivity contribution is 5.61. The Balaban J connectivity index is 2.22. The minimum absolute atomic E-state index is 0.334. The van der Waals surface area contributed by atoms with E-state index in [1.165, 1.54) is 0 Å². The molecule has 0 saturated heterocycles. The highest BCUT2D eigenvalue weighted by atomic mass is 15.2. The van der Waals surface area contributed by atoms with Gasteiger partial charge in [0.15, 0.2) is 5.82 Å². The number of hydrogen-bond acceptors (Lipinski definition) is 5. The summed E-state index contributed by atoms with van der Waals surface area (Å²) in [7, 11) is 0.